The lowest BCUT2D eigenvalue weighted by Gasteiger charge is -2.03. The Hall–Kier alpha value is -1.62. The topological polar surface area (TPSA) is 59.0 Å². The van der Waals surface area contributed by atoms with E-state index in [2.05, 4.69) is 22.3 Å². The molecule has 0 aliphatic heterocycles. The monoisotopic (exact) mass is 222 g/mol. The summed E-state index contributed by atoms with van der Waals surface area (Å²) < 4.78 is 1.77. The van der Waals surface area contributed by atoms with Gasteiger partial charge in [0.05, 0.1) is 12.2 Å². The fourth-order valence-electron chi connectivity index (χ4n) is 1.38. The molecule has 0 atom stereocenters. The van der Waals surface area contributed by atoms with Crippen LogP contribution in [0.15, 0.2) is 18.9 Å². The summed E-state index contributed by atoms with van der Waals surface area (Å²) in [4.78, 5) is 11.2. The van der Waals surface area contributed by atoms with Crippen molar-refractivity contribution in [2.24, 2.45) is 7.05 Å². The van der Waals surface area contributed by atoms with Crippen molar-refractivity contribution in [3.05, 3.63) is 30.1 Å². The van der Waals surface area contributed by atoms with Gasteiger partial charge in [-0.3, -0.25) is 9.48 Å². The number of nitrogens with zero attached hydrogens (tertiary/aromatic N) is 2. The number of aryl methyl sites for hydroxylation is 2. The number of carbonyl (C=O) groups is 1. The second-order valence-electron chi connectivity index (χ2n) is 3.61. The zero-order chi connectivity index (χ0) is 12.0. The largest absolute Gasteiger partial charge is 0.352 e. The predicted molar refractivity (Wildman–Crippen MR) is 62.9 cm³/mol. The molecule has 1 heterocycles. The molecule has 2 N–H and O–H groups in total. The number of hydrogen-bond donors (Lipinski definition) is 2. The Morgan fingerprint density at radius 3 is 3.00 bits per heavy atom. The quantitative estimate of drug-likeness (QED) is 0.672. The molecule has 0 spiro atoms. The summed E-state index contributed by atoms with van der Waals surface area (Å²) in [6, 6.07) is 0. The van der Waals surface area contributed by atoms with E-state index in [-0.39, 0.29) is 5.91 Å². The lowest BCUT2D eigenvalue weighted by atomic mass is 10.2. The van der Waals surface area contributed by atoms with Crippen LogP contribution in [-0.4, -0.2) is 28.8 Å². The van der Waals surface area contributed by atoms with Crippen molar-refractivity contribution >= 4 is 5.91 Å². The molecule has 0 radical (unpaired) electrons. The summed E-state index contributed by atoms with van der Waals surface area (Å²) in [5.41, 5.74) is 2.10. The highest BCUT2D eigenvalue weighted by atomic mass is 16.1. The van der Waals surface area contributed by atoms with Crippen LogP contribution in [0.3, 0.4) is 0 Å². The molecule has 1 rings (SSSR count). The van der Waals surface area contributed by atoms with E-state index < -0.39 is 0 Å². The number of amides is 1. The minimum Gasteiger partial charge on any atom is -0.352 e. The molecule has 1 amide bonds. The van der Waals surface area contributed by atoms with Crippen molar-refractivity contribution in [3.8, 4) is 0 Å². The van der Waals surface area contributed by atoms with Crippen molar-refractivity contribution in [1.29, 1.82) is 0 Å². The summed E-state index contributed by atoms with van der Waals surface area (Å²) in [6.07, 6.45) is 3.60. The van der Waals surface area contributed by atoms with Crippen LogP contribution in [0.5, 0.6) is 0 Å². The fourth-order valence-corrected chi connectivity index (χ4v) is 1.38. The summed E-state index contributed by atoms with van der Waals surface area (Å²) in [5.74, 6) is -0.0264. The molecule has 5 heteroatoms. The van der Waals surface area contributed by atoms with E-state index in [1.165, 1.54) is 0 Å². The van der Waals surface area contributed by atoms with Crippen LogP contribution in [0.1, 0.15) is 11.3 Å². The number of carbonyl (C=O) groups excluding carboxylic acids is 1. The van der Waals surface area contributed by atoms with Gasteiger partial charge in [0.1, 0.15) is 0 Å². The highest BCUT2D eigenvalue weighted by Crippen LogP contribution is 2.03. The number of aromatic nitrogens is 2. The SMILES string of the molecule is C=CCNC(=O)CNCc1cn(C)nc1C. The van der Waals surface area contributed by atoms with Crippen LogP contribution in [0.4, 0.5) is 0 Å². The molecule has 16 heavy (non-hydrogen) atoms. The molecule has 0 aromatic carbocycles. The van der Waals surface area contributed by atoms with Gasteiger partial charge in [-0.2, -0.15) is 5.10 Å². The second-order valence-corrected chi connectivity index (χ2v) is 3.61. The van der Waals surface area contributed by atoms with Crippen molar-refractivity contribution in [2.45, 2.75) is 13.5 Å². The Bertz CT molecular complexity index is 370. The smallest absolute Gasteiger partial charge is 0.234 e. The Balaban J connectivity index is 2.27. The van der Waals surface area contributed by atoms with Crippen LogP contribution in [0, 0.1) is 6.92 Å². The average Bonchev–Trinajstić information content (AvgIpc) is 2.55. The van der Waals surface area contributed by atoms with Crippen molar-refractivity contribution in [2.75, 3.05) is 13.1 Å². The van der Waals surface area contributed by atoms with E-state index in [4.69, 9.17) is 0 Å². The first-order valence-electron chi connectivity index (χ1n) is 5.21. The first-order valence-corrected chi connectivity index (χ1v) is 5.21. The van der Waals surface area contributed by atoms with Gasteiger partial charge < -0.3 is 10.6 Å². The van der Waals surface area contributed by atoms with Crippen molar-refractivity contribution in [1.82, 2.24) is 20.4 Å². The van der Waals surface area contributed by atoms with Crippen LogP contribution in [0.25, 0.3) is 0 Å². The normalized spacial score (nSPS) is 10.1. The Morgan fingerprint density at radius 1 is 1.69 bits per heavy atom. The van der Waals surface area contributed by atoms with Crippen LogP contribution in [-0.2, 0) is 18.4 Å². The minimum absolute atomic E-state index is 0.0264. The molecule has 5 nitrogen and oxygen atoms in total. The van der Waals surface area contributed by atoms with Gasteiger partial charge in [0.15, 0.2) is 0 Å². The van der Waals surface area contributed by atoms with Crippen LogP contribution >= 0.6 is 0 Å². The van der Waals surface area contributed by atoms with Gasteiger partial charge in [0, 0.05) is 31.9 Å². The van der Waals surface area contributed by atoms with Gasteiger partial charge in [-0.25, -0.2) is 0 Å². The lowest BCUT2D eigenvalue weighted by Crippen LogP contribution is -2.33. The maximum absolute atomic E-state index is 11.2. The third-order valence-corrected chi connectivity index (χ3v) is 2.16. The summed E-state index contributed by atoms with van der Waals surface area (Å²) in [6.45, 7) is 6.95. The van der Waals surface area contributed by atoms with Crippen LogP contribution < -0.4 is 10.6 Å². The molecule has 0 fully saturated rings. The van der Waals surface area contributed by atoms with E-state index in [0.717, 1.165) is 11.3 Å². The minimum atomic E-state index is -0.0264. The maximum Gasteiger partial charge on any atom is 0.234 e. The van der Waals surface area contributed by atoms with Gasteiger partial charge in [-0.15, -0.1) is 6.58 Å². The number of rotatable bonds is 6. The standard InChI is InChI=1S/C11H18N4O/c1-4-5-13-11(16)7-12-6-10-8-15(3)14-9(10)2/h4,8,12H,1,5-7H2,2-3H3,(H,13,16). The fraction of sp³-hybridized carbons (Fsp3) is 0.455. The van der Waals surface area contributed by atoms with E-state index in [1.807, 2.05) is 20.2 Å². The Morgan fingerprint density at radius 2 is 2.44 bits per heavy atom. The number of hydrogen-bond acceptors (Lipinski definition) is 3. The van der Waals surface area contributed by atoms with Gasteiger partial charge in [-0.05, 0) is 6.92 Å². The molecular formula is C11H18N4O. The van der Waals surface area contributed by atoms with E-state index >= 15 is 0 Å². The maximum atomic E-state index is 11.2. The van der Waals surface area contributed by atoms with Crippen molar-refractivity contribution in [3.63, 3.8) is 0 Å². The van der Waals surface area contributed by atoms with E-state index in [1.54, 1.807) is 10.8 Å². The molecule has 0 saturated carbocycles. The summed E-state index contributed by atoms with van der Waals surface area (Å²) >= 11 is 0. The van der Waals surface area contributed by atoms with E-state index in [9.17, 15) is 4.79 Å². The Kier molecular flexibility index (Phi) is 4.72. The molecule has 1 aromatic rings. The molecule has 1 aromatic heterocycles. The first kappa shape index (κ1) is 12.4. The third kappa shape index (κ3) is 3.86. The molecule has 0 unspecified atom stereocenters. The molecule has 0 aliphatic carbocycles. The molecule has 0 aliphatic rings. The summed E-state index contributed by atoms with van der Waals surface area (Å²) in [5, 5.41) is 9.98. The predicted octanol–water partition coefficient (Wildman–Crippen LogP) is 0.120. The second kappa shape index (κ2) is 6.07. The Labute approximate surface area is 95.5 Å². The van der Waals surface area contributed by atoms with Crippen LogP contribution in [0.2, 0.25) is 0 Å². The zero-order valence-electron chi connectivity index (χ0n) is 9.79. The first-order chi connectivity index (χ1) is 7.63. The third-order valence-electron chi connectivity index (χ3n) is 2.16. The average molecular weight is 222 g/mol. The molecule has 0 bridgehead atoms. The summed E-state index contributed by atoms with van der Waals surface area (Å²) in [7, 11) is 1.88. The van der Waals surface area contributed by atoms with E-state index in [0.29, 0.717) is 19.6 Å². The van der Waals surface area contributed by atoms with Gasteiger partial charge in [-0.1, -0.05) is 6.08 Å². The highest BCUT2D eigenvalue weighted by Gasteiger charge is 2.03. The van der Waals surface area contributed by atoms with Gasteiger partial charge in [0.2, 0.25) is 5.91 Å². The number of nitrogens with one attached hydrogen (secondary N) is 2. The highest BCUT2D eigenvalue weighted by molar-refractivity contribution is 5.78. The molecule has 0 saturated heterocycles. The van der Waals surface area contributed by atoms with Gasteiger partial charge in [0.25, 0.3) is 0 Å². The zero-order valence-corrected chi connectivity index (χ0v) is 9.79. The van der Waals surface area contributed by atoms with Gasteiger partial charge >= 0.3 is 0 Å². The van der Waals surface area contributed by atoms with Crippen molar-refractivity contribution < 1.29 is 4.79 Å². The lowest BCUT2D eigenvalue weighted by molar-refractivity contribution is -0.120. The molecule has 88 valence electrons. The molecular weight excluding hydrogens is 204 g/mol.